The second-order valence-corrected chi connectivity index (χ2v) is 23.1. The van der Waals surface area contributed by atoms with Crippen molar-refractivity contribution < 1.29 is 88.3 Å². The van der Waals surface area contributed by atoms with Crippen molar-refractivity contribution in [3.63, 3.8) is 0 Å². The van der Waals surface area contributed by atoms with Gasteiger partial charge in [-0.25, -0.2) is 4.79 Å². The van der Waals surface area contributed by atoms with E-state index in [0.29, 0.717) is 12.3 Å². The summed E-state index contributed by atoms with van der Waals surface area (Å²) in [6, 6.07) is 0. The third-order valence-electron chi connectivity index (χ3n) is 18.8. The molecule has 8 N–H and O–H groups in total. The molecule has 0 aromatic rings. The standard InChI is InChI=1S/C49H78O18/c1-22(2)18-25-19-49(59,44(58)63-25)27-12-16-47(8)26(27)10-11-31-46(7)15-14-32(45(5,6)30(46)13-17-48(31,47)9)65-43-40(67-42-38(57)36(55)33(52)23(3)62-42)39(35(54)29(64-43)21-60-24(4)50)66-41-37(56)34(53)28(51)20-61-41/h18,23,25-43,51-57,59H,10-17,19-21H2,1-9H3/t23-,25-,26-,27+,28-,29-,30-,31-,32+,33-,34+,35-,36+,37-,38+,39+,40-,41+,42-,43+,46+,47-,48-,49+/m1/s1. The number of allylic oxidation sites excluding steroid dienone is 1. The van der Waals surface area contributed by atoms with Gasteiger partial charge in [0.05, 0.1) is 18.8 Å². The third-order valence-corrected chi connectivity index (χ3v) is 18.8. The van der Waals surface area contributed by atoms with E-state index in [1.54, 1.807) is 0 Å². The van der Waals surface area contributed by atoms with Gasteiger partial charge in [-0.15, -0.1) is 0 Å². The van der Waals surface area contributed by atoms with Crippen molar-refractivity contribution in [1.82, 2.24) is 0 Å². The van der Waals surface area contributed by atoms with Gasteiger partial charge in [0, 0.05) is 19.3 Å². The molecule has 0 amide bonds. The highest BCUT2D eigenvalue weighted by atomic mass is 16.8. The summed E-state index contributed by atoms with van der Waals surface area (Å²) < 4.78 is 48.7. The fourth-order valence-corrected chi connectivity index (χ4v) is 15.1. The summed E-state index contributed by atoms with van der Waals surface area (Å²) in [6.45, 7) is 17.4. The van der Waals surface area contributed by atoms with Gasteiger partial charge in [0.1, 0.15) is 73.8 Å². The minimum atomic E-state index is -1.78. The fraction of sp³-hybridized carbons (Fsp3) is 0.918. The zero-order valence-corrected chi connectivity index (χ0v) is 40.6. The predicted octanol–water partition coefficient (Wildman–Crippen LogP) is 1.76. The summed E-state index contributed by atoms with van der Waals surface area (Å²) in [5, 5.41) is 88.2. The lowest BCUT2D eigenvalue weighted by Gasteiger charge is -2.70. The van der Waals surface area contributed by atoms with Crippen LogP contribution in [0.1, 0.15) is 120 Å². The molecule has 0 radical (unpaired) electrons. The van der Waals surface area contributed by atoms with Gasteiger partial charge in [-0.1, -0.05) is 40.2 Å². The number of hydrogen-bond donors (Lipinski definition) is 8. The Hall–Kier alpha value is -1.88. The molecule has 18 nitrogen and oxygen atoms in total. The number of rotatable bonds is 10. The lowest BCUT2D eigenvalue weighted by molar-refractivity contribution is -0.395. The normalized spacial score (nSPS) is 52.9. The summed E-state index contributed by atoms with van der Waals surface area (Å²) >= 11 is 0. The van der Waals surface area contributed by atoms with E-state index in [2.05, 4.69) is 34.6 Å². The van der Waals surface area contributed by atoms with E-state index in [-0.39, 0.29) is 40.4 Å². The van der Waals surface area contributed by atoms with Gasteiger partial charge in [0.15, 0.2) is 24.5 Å². The number of hydrogen-bond acceptors (Lipinski definition) is 18. The molecule has 18 heteroatoms. The molecule has 382 valence electrons. The Bertz CT molecular complexity index is 1840. The number of fused-ring (bicyclic) bond motifs is 5. The average Bonchev–Trinajstić information content (AvgIpc) is 3.76. The van der Waals surface area contributed by atoms with Crippen LogP contribution in [0.25, 0.3) is 0 Å². The number of cyclic esters (lactones) is 1. The smallest absolute Gasteiger partial charge is 0.339 e. The van der Waals surface area contributed by atoms with Gasteiger partial charge in [-0.05, 0) is 118 Å². The number of aliphatic hydroxyl groups excluding tert-OH is 7. The van der Waals surface area contributed by atoms with Crippen molar-refractivity contribution in [3.8, 4) is 0 Å². The first-order chi connectivity index (χ1) is 31.3. The van der Waals surface area contributed by atoms with E-state index in [9.17, 15) is 50.4 Å². The van der Waals surface area contributed by atoms with Crippen molar-refractivity contribution in [1.29, 1.82) is 0 Å². The first kappa shape index (κ1) is 51.5. The van der Waals surface area contributed by atoms with Crippen LogP contribution in [-0.4, -0.2) is 170 Å². The zero-order valence-electron chi connectivity index (χ0n) is 40.6. The fourth-order valence-electron chi connectivity index (χ4n) is 15.1. The summed E-state index contributed by atoms with van der Waals surface area (Å²) in [6.07, 6.45) is -13.4. The number of carbonyl (C=O) groups is 2. The minimum Gasteiger partial charge on any atom is -0.463 e. The molecule has 24 atom stereocenters. The van der Waals surface area contributed by atoms with E-state index in [0.717, 1.165) is 50.5 Å². The number of carbonyl (C=O) groups excluding carboxylic acids is 2. The Morgan fingerprint density at radius 2 is 1.37 bits per heavy atom. The molecule has 4 saturated heterocycles. The maximum absolute atomic E-state index is 13.5. The number of ether oxygens (including phenoxy) is 8. The molecule has 8 rings (SSSR count). The molecule has 4 saturated carbocycles. The van der Waals surface area contributed by atoms with Crippen molar-refractivity contribution in [2.75, 3.05) is 13.2 Å². The van der Waals surface area contributed by atoms with Gasteiger partial charge in [0.2, 0.25) is 0 Å². The van der Waals surface area contributed by atoms with E-state index >= 15 is 0 Å². The van der Waals surface area contributed by atoms with E-state index in [4.69, 9.17) is 37.9 Å². The first-order valence-corrected chi connectivity index (χ1v) is 24.7. The van der Waals surface area contributed by atoms with E-state index < -0.39 is 134 Å². The summed E-state index contributed by atoms with van der Waals surface area (Å²) in [5.74, 6) is -0.695. The van der Waals surface area contributed by atoms with Crippen LogP contribution in [0.15, 0.2) is 11.6 Å². The molecule has 4 heterocycles. The highest BCUT2D eigenvalue weighted by Gasteiger charge is 2.71. The van der Waals surface area contributed by atoms with Crippen LogP contribution in [0, 0.1) is 45.3 Å². The molecule has 0 spiro atoms. The maximum Gasteiger partial charge on any atom is 0.339 e. The Balaban J connectivity index is 1.07. The molecule has 8 aliphatic rings. The van der Waals surface area contributed by atoms with Crippen LogP contribution < -0.4 is 0 Å². The highest BCUT2D eigenvalue weighted by Crippen LogP contribution is 2.76. The van der Waals surface area contributed by atoms with Crippen LogP contribution in [0.3, 0.4) is 0 Å². The lowest BCUT2D eigenvalue weighted by Crippen LogP contribution is -2.68. The quantitative estimate of drug-likeness (QED) is 0.0881. The van der Waals surface area contributed by atoms with Crippen LogP contribution >= 0.6 is 0 Å². The topological polar surface area (TPSA) is 270 Å². The highest BCUT2D eigenvalue weighted by molar-refractivity contribution is 5.82. The molecule has 0 aromatic carbocycles. The molecule has 4 aliphatic carbocycles. The van der Waals surface area contributed by atoms with E-state index in [1.807, 2.05) is 19.9 Å². The Morgan fingerprint density at radius 1 is 0.701 bits per heavy atom. The Kier molecular flexibility index (Phi) is 14.3. The number of esters is 2. The molecule has 4 aliphatic heterocycles. The van der Waals surface area contributed by atoms with Crippen LogP contribution in [0.2, 0.25) is 0 Å². The van der Waals surface area contributed by atoms with Gasteiger partial charge in [0.25, 0.3) is 0 Å². The maximum atomic E-state index is 13.5. The molecule has 67 heavy (non-hydrogen) atoms. The molecule has 0 aromatic heterocycles. The Morgan fingerprint density at radius 3 is 2.06 bits per heavy atom. The summed E-state index contributed by atoms with van der Waals surface area (Å²) in [4.78, 5) is 25.6. The second kappa shape index (κ2) is 18.6. The second-order valence-electron chi connectivity index (χ2n) is 23.1. The van der Waals surface area contributed by atoms with Crippen molar-refractivity contribution in [3.05, 3.63) is 11.6 Å². The van der Waals surface area contributed by atoms with Crippen LogP contribution in [0.4, 0.5) is 0 Å². The number of aliphatic hydroxyl groups is 8. The van der Waals surface area contributed by atoms with Gasteiger partial charge >= 0.3 is 11.9 Å². The SMILES string of the molecule is CC(=O)OC[C@H]1O[C@@H](O[C@H]2CC[C@@]3(C)[C@H](CC[C@]4(C)[C@@H]3CC[C@@H]3[C@@H]([C@@]5(O)C[C@@H](C=C(C)C)OC5=O)CC[C@]34C)C2(C)C)[C@H](O[C@H]2O[C@H](C)[C@@H](O)[C@H](O)[C@@H]2O)[C@@H](O[C@@H]2OC[C@@H](O)[C@H](O)[C@H]2O)[C@@H]1O. The molecular formula is C49H78O18. The van der Waals surface area contributed by atoms with Gasteiger partial charge < -0.3 is 78.7 Å². The molecule has 0 bridgehead atoms. The predicted molar refractivity (Wildman–Crippen MR) is 234 cm³/mol. The van der Waals surface area contributed by atoms with Crippen molar-refractivity contribution in [2.24, 2.45) is 45.3 Å². The first-order valence-electron chi connectivity index (χ1n) is 24.7. The monoisotopic (exact) mass is 955 g/mol. The summed E-state index contributed by atoms with van der Waals surface area (Å²) in [5.41, 5.74) is -1.32. The lowest BCUT2D eigenvalue weighted by atomic mass is 9.35. The van der Waals surface area contributed by atoms with Crippen molar-refractivity contribution >= 4 is 11.9 Å². The minimum absolute atomic E-state index is 0.0839. The largest absolute Gasteiger partial charge is 0.463 e. The van der Waals surface area contributed by atoms with Gasteiger partial charge in [-0.3, -0.25) is 4.79 Å². The summed E-state index contributed by atoms with van der Waals surface area (Å²) in [7, 11) is 0. The average molecular weight is 955 g/mol. The van der Waals surface area contributed by atoms with Gasteiger partial charge in [-0.2, -0.15) is 0 Å². The van der Waals surface area contributed by atoms with E-state index in [1.165, 1.54) is 13.8 Å². The van der Waals surface area contributed by atoms with Crippen LogP contribution in [-0.2, 0) is 47.5 Å². The van der Waals surface area contributed by atoms with Crippen molar-refractivity contribution in [2.45, 2.75) is 224 Å². The third kappa shape index (κ3) is 8.65. The van der Waals surface area contributed by atoms with Crippen LogP contribution in [0.5, 0.6) is 0 Å². The Labute approximate surface area is 393 Å². The molecule has 8 fully saturated rings. The zero-order chi connectivity index (χ0) is 48.9. The molecular weight excluding hydrogens is 877 g/mol. The molecule has 0 unspecified atom stereocenters.